The minimum atomic E-state index is 0.0149. The summed E-state index contributed by atoms with van der Waals surface area (Å²) in [5.74, 6) is 0. The monoisotopic (exact) mass is 243 g/mol. The van der Waals surface area contributed by atoms with E-state index in [-0.39, 0.29) is 5.41 Å². The van der Waals surface area contributed by atoms with E-state index in [9.17, 15) is 0 Å². The molecule has 2 fully saturated rings. The topological polar surface area (TPSA) is 33.1 Å². The standard InChI is InChI=1S/C16H21NO/c1-2-6-14(17)16(13-7-4-3-5-8-13)9-15(10-16)11-18-12-15/h3-5,7-8,17H,2,6,9-12H2,1H3. The first kappa shape index (κ1) is 11.9. The summed E-state index contributed by atoms with van der Waals surface area (Å²) in [7, 11) is 0. The van der Waals surface area contributed by atoms with Gasteiger partial charge in [-0.25, -0.2) is 0 Å². The lowest BCUT2D eigenvalue weighted by molar-refractivity contribution is -0.176. The summed E-state index contributed by atoms with van der Waals surface area (Å²) >= 11 is 0. The summed E-state index contributed by atoms with van der Waals surface area (Å²) in [6.45, 7) is 3.97. The normalized spacial score (nSPS) is 23.2. The summed E-state index contributed by atoms with van der Waals surface area (Å²) in [4.78, 5) is 0. The van der Waals surface area contributed by atoms with Crippen molar-refractivity contribution in [2.45, 2.75) is 38.0 Å². The first-order valence-corrected chi connectivity index (χ1v) is 6.92. The maximum absolute atomic E-state index is 8.47. The van der Waals surface area contributed by atoms with Crippen molar-refractivity contribution in [3.8, 4) is 0 Å². The van der Waals surface area contributed by atoms with Gasteiger partial charge in [-0.1, -0.05) is 43.7 Å². The minimum absolute atomic E-state index is 0.0149. The predicted octanol–water partition coefficient (Wildman–Crippen LogP) is 3.55. The van der Waals surface area contributed by atoms with E-state index in [2.05, 4.69) is 37.3 Å². The van der Waals surface area contributed by atoms with E-state index in [4.69, 9.17) is 10.1 Å². The number of benzene rings is 1. The van der Waals surface area contributed by atoms with Crippen LogP contribution in [0.2, 0.25) is 0 Å². The van der Waals surface area contributed by atoms with E-state index in [1.165, 1.54) is 5.56 Å². The number of ether oxygens (including phenoxy) is 1. The van der Waals surface area contributed by atoms with Crippen molar-refractivity contribution in [3.05, 3.63) is 35.9 Å². The lowest BCUT2D eigenvalue weighted by atomic mass is 9.47. The first-order valence-electron chi connectivity index (χ1n) is 6.92. The van der Waals surface area contributed by atoms with Gasteiger partial charge in [-0.15, -0.1) is 0 Å². The maximum atomic E-state index is 8.47. The van der Waals surface area contributed by atoms with Gasteiger partial charge in [-0.2, -0.15) is 0 Å². The molecule has 1 aliphatic carbocycles. The molecular formula is C16H21NO. The fraction of sp³-hybridized carbons (Fsp3) is 0.562. The molecule has 1 saturated heterocycles. The van der Waals surface area contributed by atoms with Gasteiger partial charge < -0.3 is 10.1 Å². The van der Waals surface area contributed by atoms with Crippen LogP contribution < -0.4 is 0 Å². The van der Waals surface area contributed by atoms with Gasteiger partial charge in [0.2, 0.25) is 0 Å². The average Bonchev–Trinajstić information content (AvgIpc) is 2.28. The molecule has 96 valence electrons. The number of nitrogens with one attached hydrogen (secondary N) is 1. The van der Waals surface area contributed by atoms with Crippen LogP contribution in [0.25, 0.3) is 0 Å². The summed E-state index contributed by atoms with van der Waals surface area (Å²) in [6, 6.07) is 10.6. The van der Waals surface area contributed by atoms with E-state index in [1.54, 1.807) is 0 Å². The van der Waals surface area contributed by atoms with Gasteiger partial charge in [0.25, 0.3) is 0 Å². The Labute approximate surface area is 109 Å². The molecule has 1 aliphatic heterocycles. The molecule has 0 aromatic heterocycles. The van der Waals surface area contributed by atoms with Crippen molar-refractivity contribution in [1.29, 1.82) is 5.41 Å². The molecule has 3 rings (SSSR count). The molecule has 1 saturated carbocycles. The van der Waals surface area contributed by atoms with Crippen LogP contribution in [-0.2, 0) is 10.2 Å². The second-order valence-corrected chi connectivity index (χ2v) is 6.02. The van der Waals surface area contributed by atoms with Crippen LogP contribution in [-0.4, -0.2) is 18.9 Å². The number of hydrogen-bond donors (Lipinski definition) is 1. The van der Waals surface area contributed by atoms with Crippen LogP contribution in [0.1, 0.15) is 38.2 Å². The van der Waals surface area contributed by atoms with E-state index in [0.29, 0.717) is 5.41 Å². The Morgan fingerprint density at radius 2 is 1.89 bits per heavy atom. The zero-order valence-corrected chi connectivity index (χ0v) is 11.0. The lowest BCUT2D eigenvalue weighted by Gasteiger charge is -2.60. The fourth-order valence-electron chi connectivity index (χ4n) is 3.66. The van der Waals surface area contributed by atoms with Crippen LogP contribution in [0.3, 0.4) is 0 Å². The molecular weight excluding hydrogens is 222 g/mol. The van der Waals surface area contributed by atoms with Gasteiger partial charge >= 0.3 is 0 Å². The highest BCUT2D eigenvalue weighted by Crippen LogP contribution is 2.60. The molecule has 0 amide bonds. The minimum Gasteiger partial charge on any atom is -0.380 e. The van der Waals surface area contributed by atoms with Gasteiger partial charge in [0, 0.05) is 16.5 Å². The molecule has 0 atom stereocenters. The molecule has 1 heterocycles. The van der Waals surface area contributed by atoms with Crippen molar-refractivity contribution in [1.82, 2.24) is 0 Å². The van der Waals surface area contributed by atoms with Gasteiger partial charge in [0.15, 0.2) is 0 Å². The molecule has 1 aromatic carbocycles. The lowest BCUT2D eigenvalue weighted by Crippen LogP contribution is -2.62. The van der Waals surface area contributed by atoms with E-state index in [0.717, 1.165) is 44.6 Å². The van der Waals surface area contributed by atoms with Gasteiger partial charge in [-0.3, -0.25) is 0 Å². The Morgan fingerprint density at radius 1 is 1.22 bits per heavy atom. The van der Waals surface area contributed by atoms with E-state index in [1.807, 2.05) is 0 Å². The first-order chi connectivity index (χ1) is 8.71. The Bertz CT molecular complexity index is 439. The molecule has 1 spiro atoms. The van der Waals surface area contributed by atoms with Gasteiger partial charge in [0.1, 0.15) is 0 Å². The Hall–Kier alpha value is -1.15. The average molecular weight is 243 g/mol. The Balaban J connectivity index is 1.88. The van der Waals surface area contributed by atoms with Crippen molar-refractivity contribution in [2.75, 3.05) is 13.2 Å². The smallest absolute Gasteiger partial charge is 0.0545 e. The third kappa shape index (κ3) is 1.63. The zero-order chi connectivity index (χ0) is 12.6. The van der Waals surface area contributed by atoms with E-state index < -0.39 is 0 Å². The Morgan fingerprint density at radius 3 is 2.39 bits per heavy atom. The van der Waals surface area contributed by atoms with Crippen molar-refractivity contribution < 1.29 is 4.74 Å². The summed E-state index contributed by atoms with van der Waals surface area (Å²) in [6.07, 6.45) is 4.22. The highest BCUT2D eigenvalue weighted by Gasteiger charge is 2.60. The van der Waals surface area contributed by atoms with Gasteiger partial charge in [0.05, 0.1) is 13.2 Å². The zero-order valence-electron chi connectivity index (χ0n) is 11.0. The van der Waals surface area contributed by atoms with Crippen LogP contribution in [0.15, 0.2) is 30.3 Å². The van der Waals surface area contributed by atoms with Crippen molar-refractivity contribution in [2.24, 2.45) is 5.41 Å². The Kier molecular flexibility index (Phi) is 2.78. The molecule has 0 radical (unpaired) electrons. The molecule has 1 aromatic rings. The number of rotatable bonds is 4. The largest absolute Gasteiger partial charge is 0.380 e. The van der Waals surface area contributed by atoms with Crippen LogP contribution in [0, 0.1) is 10.8 Å². The van der Waals surface area contributed by atoms with Crippen molar-refractivity contribution >= 4 is 5.71 Å². The third-order valence-corrected chi connectivity index (χ3v) is 4.57. The van der Waals surface area contributed by atoms with Crippen LogP contribution >= 0.6 is 0 Å². The van der Waals surface area contributed by atoms with E-state index >= 15 is 0 Å². The third-order valence-electron chi connectivity index (χ3n) is 4.57. The molecule has 18 heavy (non-hydrogen) atoms. The molecule has 1 N–H and O–H groups in total. The summed E-state index contributed by atoms with van der Waals surface area (Å²) in [5, 5.41) is 8.47. The second-order valence-electron chi connectivity index (χ2n) is 6.02. The highest BCUT2D eigenvalue weighted by molar-refractivity contribution is 5.94. The molecule has 0 unspecified atom stereocenters. The maximum Gasteiger partial charge on any atom is 0.0545 e. The van der Waals surface area contributed by atoms with Gasteiger partial charge in [-0.05, 0) is 24.8 Å². The SMILES string of the molecule is CCCC(=N)C1(c2ccccc2)CC2(COC2)C1. The van der Waals surface area contributed by atoms with Crippen LogP contribution in [0.5, 0.6) is 0 Å². The predicted molar refractivity (Wildman–Crippen MR) is 73.2 cm³/mol. The highest BCUT2D eigenvalue weighted by atomic mass is 16.5. The quantitative estimate of drug-likeness (QED) is 0.806. The second kappa shape index (κ2) is 4.20. The molecule has 2 aliphatic rings. The summed E-state index contributed by atoms with van der Waals surface area (Å²) in [5.41, 5.74) is 2.67. The molecule has 2 heteroatoms. The molecule has 0 bridgehead atoms. The number of hydrogen-bond acceptors (Lipinski definition) is 2. The van der Waals surface area contributed by atoms with Crippen molar-refractivity contribution in [3.63, 3.8) is 0 Å². The fourth-order valence-corrected chi connectivity index (χ4v) is 3.66. The molecule has 2 nitrogen and oxygen atoms in total. The summed E-state index contributed by atoms with van der Waals surface area (Å²) < 4.78 is 5.38. The van der Waals surface area contributed by atoms with Crippen LogP contribution in [0.4, 0.5) is 0 Å².